The second kappa shape index (κ2) is 4.67. The molecule has 1 saturated heterocycles. The van der Waals surface area contributed by atoms with Crippen LogP contribution in [0.15, 0.2) is 15.9 Å². The van der Waals surface area contributed by atoms with Crippen LogP contribution in [0.2, 0.25) is 0 Å². The average Bonchev–Trinajstić information content (AvgIpc) is 2.29. The van der Waals surface area contributed by atoms with Crippen LogP contribution in [-0.2, 0) is 4.74 Å². The van der Waals surface area contributed by atoms with Crippen molar-refractivity contribution in [1.29, 1.82) is 0 Å². The van der Waals surface area contributed by atoms with Gasteiger partial charge in [-0.25, -0.2) is 5.10 Å². The number of aromatic nitrogens is 2. The summed E-state index contributed by atoms with van der Waals surface area (Å²) in [5, 5.41) is 6.26. The predicted octanol–water partition coefficient (Wildman–Crippen LogP) is 0.328. The van der Waals surface area contributed by atoms with Crippen molar-refractivity contribution >= 4 is 17.4 Å². The van der Waals surface area contributed by atoms with Gasteiger partial charge in [-0.1, -0.05) is 0 Å². The largest absolute Gasteiger partial charge is 0.378 e. The van der Waals surface area contributed by atoms with Gasteiger partial charge in [-0.2, -0.15) is 5.10 Å². The standard InChI is InChI=1S/C9H13N3O2S/c1-15-7-6-10-11-9(13)8(7)12-2-4-14-5-3-12/h6H,2-5H2,1H3,(H,11,13). The first-order chi connectivity index (χ1) is 7.33. The van der Waals surface area contributed by atoms with Gasteiger partial charge in [-0.15, -0.1) is 11.8 Å². The molecule has 0 spiro atoms. The van der Waals surface area contributed by atoms with Crippen LogP contribution >= 0.6 is 11.8 Å². The van der Waals surface area contributed by atoms with Crippen LogP contribution in [0.25, 0.3) is 0 Å². The molecular weight excluding hydrogens is 214 g/mol. The van der Waals surface area contributed by atoms with Crippen LogP contribution in [0.3, 0.4) is 0 Å². The molecule has 1 aromatic heterocycles. The number of hydrogen-bond acceptors (Lipinski definition) is 5. The van der Waals surface area contributed by atoms with Crippen LogP contribution in [0.1, 0.15) is 0 Å². The molecule has 1 aliphatic rings. The Morgan fingerprint density at radius 2 is 2.27 bits per heavy atom. The topological polar surface area (TPSA) is 58.2 Å². The number of rotatable bonds is 2. The van der Waals surface area contributed by atoms with E-state index in [1.165, 1.54) is 11.8 Å². The van der Waals surface area contributed by atoms with E-state index in [2.05, 4.69) is 15.1 Å². The van der Waals surface area contributed by atoms with Crippen molar-refractivity contribution in [3.05, 3.63) is 16.6 Å². The summed E-state index contributed by atoms with van der Waals surface area (Å²) in [6.45, 7) is 2.88. The molecule has 1 fully saturated rings. The quantitative estimate of drug-likeness (QED) is 0.738. The first-order valence-corrected chi connectivity index (χ1v) is 6.00. The lowest BCUT2D eigenvalue weighted by molar-refractivity contribution is 0.122. The van der Waals surface area contributed by atoms with Gasteiger partial charge in [0.25, 0.3) is 5.56 Å². The number of ether oxygens (including phenoxy) is 1. The van der Waals surface area contributed by atoms with E-state index >= 15 is 0 Å². The first-order valence-electron chi connectivity index (χ1n) is 4.77. The fraction of sp³-hybridized carbons (Fsp3) is 0.556. The fourth-order valence-electron chi connectivity index (χ4n) is 1.61. The average molecular weight is 227 g/mol. The molecular formula is C9H13N3O2S. The Labute approximate surface area is 91.8 Å². The molecule has 1 N–H and O–H groups in total. The summed E-state index contributed by atoms with van der Waals surface area (Å²) in [5.41, 5.74) is 0.601. The molecule has 15 heavy (non-hydrogen) atoms. The summed E-state index contributed by atoms with van der Waals surface area (Å²) < 4.78 is 5.26. The van der Waals surface area contributed by atoms with Crippen molar-refractivity contribution in [2.24, 2.45) is 0 Å². The molecule has 0 unspecified atom stereocenters. The van der Waals surface area contributed by atoms with Gasteiger partial charge >= 0.3 is 0 Å². The van der Waals surface area contributed by atoms with Crippen molar-refractivity contribution in [2.75, 3.05) is 37.5 Å². The van der Waals surface area contributed by atoms with Crippen LogP contribution in [0.4, 0.5) is 5.69 Å². The van der Waals surface area contributed by atoms with Gasteiger partial charge in [0.15, 0.2) is 0 Å². The molecule has 5 nitrogen and oxygen atoms in total. The molecule has 0 aromatic carbocycles. The maximum Gasteiger partial charge on any atom is 0.288 e. The number of nitrogens with one attached hydrogen (secondary N) is 1. The number of nitrogens with zero attached hydrogens (tertiary/aromatic N) is 2. The van der Waals surface area contributed by atoms with Gasteiger partial charge in [0.2, 0.25) is 0 Å². The van der Waals surface area contributed by atoms with Gasteiger partial charge in [-0.3, -0.25) is 4.79 Å². The van der Waals surface area contributed by atoms with Crippen LogP contribution in [0.5, 0.6) is 0 Å². The maximum atomic E-state index is 11.7. The molecule has 0 radical (unpaired) electrons. The minimum atomic E-state index is -0.122. The highest BCUT2D eigenvalue weighted by Crippen LogP contribution is 2.23. The SMILES string of the molecule is CSc1cn[nH]c(=O)c1N1CCOCC1. The highest BCUT2D eigenvalue weighted by Gasteiger charge is 2.17. The third-order valence-corrected chi connectivity index (χ3v) is 3.08. The molecule has 1 aromatic rings. The lowest BCUT2D eigenvalue weighted by Crippen LogP contribution is -2.39. The van der Waals surface area contributed by atoms with E-state index in [4.69, 9.17) is 4.74 Å². The summed E-state index contributed by atoms with van der Waals surface area (Å²) in [7, 11) is 0. The van der Waals surface area contributed by atoms with Crippen molar-refractivity contribution in [1.82, 2.24) is 10.2 Å². The Morgan fingerprint density at radius 3 is 2.93 bits per heavy atom. The van der Waals surface area contributed by atoms with E-state index in [1.54, 1.807) is 6.20 Å². The lowest BCUT2D eigenvalue weighted by Gasteiger charge is -2.28. The highest BCUT2D eigenvalue weighted by molar-refractivity contribution is 7.98. The first kappa shape index (κ1) is 10.5. The Bertz CT molecular complexity index is 387. The van der Waals surface area contributed by atoms with Crippen LogP contribution < -0.4 is 10.5 Å². The molecule has 0 amide bonds. The number of thioether (sulfide) groups is 1. The minimum Gasteiger partial charge on any atom is -0.378 e. The number of aromatic amines is 1. The normalized spacial score (nSPS) is 16.7. The van der Waals surface area contributed by atoms with Crippen LogP contribution in [-0.4, -0.2) is 42.8 Å². The Balaban J connectivity index is 2.36. The highest BCUT2D eigenvalue weighted by atomic mass is 32.2. The summed E-state index contributed by atoms with van der Waals surface area (Å²) in [5.74, 6) is 0. The number of morpholine rings is 1. The molecule has 0 atom stereocenters. The smallest absolute Gasteiger partial charge is 0.288 e. The second-order valence-corrected chi connectivity index (χ2v) is 4.06. The second-order valence-electron chi connectivity index (χ2n) is 3.22. The Kier molecular flexibility index (Phi) is 3.27. The summed E-state index contributed by atoms with van der Waals surface area (Å²) >= 11 is 1.54. The molecule has 6 heteroatoms. The number of H-pyrrole nitrogens is 1. The van der Waals surface area contributed by atoms with Crippen molar-refractivity contribution in [2.45, 2.75) is 4.90 Å². The van der Waals surface area contributed by atoms with Crippen molar-refractivity contribution in [3.8, 4) is 0 Å². The Morgan fingerprint density at radius 1 is 1.53 bits per heavy atom. The summed E-state index contributed by atoms with van der Waals surface area (Å²) in [4.78, 5) is 14.7. The van der Waals surface area contributed by atoms with Crippen molar-refractivity contribution < 1.29 is 4.74 Å². The molecule has 0 aliphatic carbocycles. The fourth-order valence-corrected chi connectivity index (χ4v) is 2.18. The number of anilines is 1. The van der Waals surface area contributed by atoms with Crippen molar-refractivity contribution in [3.63, 3.8) is 0 Å². The zero-order chi connectivity index (χ0) is 10.7. The molecule has 1 aliphatic heterocycles. The molecule has 82 valence electrons. The predicted molar refractivity (Wildman–Crippen MR) is 59.7 cm³/mol. The minimum absolute atomic E-state index is 0.122. The van der Waals surface area contributed by atoms with Crippen LogP contribution in [0, 0.1) is 0 Å². The zero-order valence-corrected chi connectivity index (χ0v) is 9.34. The van der Waals surface area contributed by atoms with E-state index in [9.17, 15) is 4.79 Å². The third-order valence-electron chi connectivity index (χ3n) is 2.34. The van der Waals surface area contributed by atoms with Gasteiger partial charge in [-0.05, 0) is 6.26 Å². The summed E-state index contributed by atoms with van der Waals surface area (Å²) in [6, 6.07) is 0. The van der Waals surface area contributed by atoms with E-state index in [-0.39, 0.29) is 5.56 Å². The Hall–Kier alpha value is -1.01. The number of hydrogen-bond donors (Lipinski definition) is 1. The lowest BCUT2D eigenvalue weighted by atomic mass is 10.3. The van der Waals surface area contributed by atoms with Gasteiger partial charge in [0.05, 0.1) is 24.3 Å². The molecule has 0 bridgehead atoms. The monoisotopic (exact) mass is 227 g/mol. The van der Waals surface area contributed by atoms with E-state index in [0.29, 0.717) is 13.2 Å². The van der Waals surface area contributed by atoms with Gasteiger partial charge in [0.1, 0.15) is 5.69 Å². The van der Waals surface area contributed by atoms with E-state index in [1.807, 2.05) is 6.26 Å². The molecule has 2 rings (SSSR count). The third kappa shape index (κ3) is 2.15. The van der Waals surface area contributed by atoms with E-state index in [0.717, 1.165) is 23.7 Å². The molecule has 2 heterocycles. The van der Waals surface area contributed by atoms with E-state index < -0.39 is 0 Å². The maximum absolute atomic E-state index is 11.7. The molecule has 0 saturated carbocycles. The van der Waals surface area contributed by atoms with Gasteiger partial charge < -0.3 is 9.64 Å². The summed E-state index contributed by atoms with van der Waals surface area (Å²) in [6.07, 6.45) is 3.64. The van der Waals surface area contributed by atoms with Gasteiger partial charge in [0, 0.05) is 13.1 Å². The zero-order valence-electron chi connectivity index (χ0n) is 8.52.